The Hall–Kier alpha value is -2.13. The van der Waals surface area contributed by atoms with E-state index in [-0.39, 0.29) is 24.5 Å². The molecule has 9 heteroatoms. The molecule has 0 unspecified atom stereocenters. The molecule has 0 saturated heterocycles. The molecule has 0 fully saturated rings. The highest BCUT2D eigenvalue weighted by atomic mass is 32.2. The summed E-state index contributed by atoms with van der Waals surface area (Å²) in [4.78, 5) is 23.1. The molecular weight excluding hydrogens is 302 g/mol. The van der Waals surface area contributed by atoms with E-state index >= 15 is 0 Å². The topological polar surface area (TPSA) is 119 Å². The third kappa shape index (κ3) is 6.23. The van der Waals surface area contributed by atoms with Crippen molar-refractivity contribution in [3.05, 3.63) is 29.8 Å². The molecule has 0 bridgehead atoms. The SMILES string of the molecule is CCOC(=O)c1ccccc1OC(=O)NCCS(=O)(=O)O. The van der Waals surface area contributed by atoms with E-state index in [1.54, 1.807) is 19.1 Å². The first kappa shape index (κ1) is 16.9. The Morgan fingerprint density at radius 2 is 1.95 bits per heavy atom. The Morgan fingerprint density at radius 3 is 2.57 bits per heavy atom. The van der Waals surface area contributed by atoms with Crippen molar-refractivity contribution in [1.82, 2.24) is 5.32 Å². The molecule has 0 spiro atoms. The van der Waals surface area contributed by atoms with Crippen molar-refractivity contribution >= 4 is 22.2 Å². The molecule has 0 atom stereocenters. The first-order valence-corrected chi connectivity index (χ1v) is 7.61. The first-order valence-electron chi connectivity index (χ1n) is 6.00. The van der Waals surface area contributed by atoms with Gasteiger partial charge in [0.15, 0.2) is 0 Å². The molecule has 8 nitrogen and oxygen atoms in total. The quantitative estimate of drug-likeness (QED) is 0.589. The van der Waals surface area contributed by atoms with Crippen LogP contribution in [0.25, 0.3) is 0 Å². The number of hydrogen-bond acceptors (Lipinski definition) is 6. The summed E-state index contributed by atoms with van der Waals surface area (Å²) in [5, 5.41) is 2.13. The van der Waals surface area contributed by atoms with E-state index in [1.807, 2.05) is 0 Å². The third-order valence-electron chi connectivity index (χ3n) is 2.21. The number of benzene rings is 1. The monoisotopic (exact) mass is 317 g/mol. The minimum Gasteiger partial charge on any atom is -0.462 e. The minimum atomic E-state index is -4.17. The molecule has 1 aromatic carbocycles. The van der Waals surface area contributed by atoms with Crippen molar-refractivity contribution in [1.29, 1.82) is 0 Å². The highest BCUT2D eigenvalue weighted by Crippen LogP contribution is 2.19. The Labute approximate surface area is 121 Å². The standard InChI is InChI=1S/C12H15NO7S/c1-2-19-11(14)9-5-3-4-6-10(9)20-12(15)13-7-8-21(16,17)18/h3-6H,2,7-8H2,1H3,(H,13,15)(H,16,17,18). The van der Waals surface area contributed by atoms with Crippen LogP contribution in [0.2, 0.25) is 0 Å². The summed E-state index contributed by atoms with van der Waals surface area (Å²) in [5.74, 6) is -1.29. The zero-order valence-corrected chi connectivity index (χ0v) is 12.1. The van der Waals surface area contributed by atoms with E-state index in [9.17, 15) is 18.0 Å². The van der Waals surface area contributed by atoms with Crippen molar-refractivity contribution < 1.29 is 32.0 Å². The van der Waals surface area contributed by atoms with Gasteiger partial charge in [0.05, 0.1) is 12.4 Å². The van der Waals surface area contributed by atoms with Gasteiger partial charge in [-0.2, -0.15) is 8.42 Å². The zero-order valence-electron chi connectivity index (χ0n) is 11.2. The van der Waals surface area contributed by atoms with Gasteiger partial charge in [0.2, 0.25) is 0 Å². The van der Waals surface area contributed by atoms with Crippen molar-refractivity contribution in [3.8, 4) is 5.75 Å². The number of nitrogens with one attached hydrogen (secondary N) is 1. The molecule has 0 heterocycles. The molecule has 1 amide bonds. The number of ether oxygens (including phenoxy) is 2. The van der Waals surface area contributed by atoms with E-state index in [1.165, 1.54) is 12.1 Å². The molecular formula is C12H15NO7S. The van der Waals surface area contributed by atoms with Gasteiger partial charge in [0.1, 0.15) is 11.3 Å². The summed E-state index contributed by atoms with van der Waals surface area (Å²) in [6, 6.07) is 5.96. The number of rotatable bonds is 6. The maximum Gasteiger partial charge on any atom is 0.412 e. The number of carbonyl (C=O) groups is 2. The fraction of sp³-hybridized carbons (Fsp3) is 0.333. The fourth-order valence-corrected chi connectivity index (χ4v) is 1.71. The molecule has 21 heavy (non-hydrogen) atoms. The predicted octanol–water partition coefficient (Wildman–Crippen LogP) is 0.839. The molecule has 0 aliphatic rings. The predicted molar refractivity (Wildman–Crippen MR) is 72.8 cm³/mol. The van der Waals surface area contributed by atoms with Crippen molar-refractivity contribution in [2.24, 2.45) is 0 Å². The lowest BCUT2D eigenvalue weighted by molar-refractivity contribution is 0.0523. The van der Waals surface area contributed by atoms with E-state index in [0.717, 1.165) is 0 Å². The maximum atomic E-state index is 11.6. The van der Waals surface area contributed by atoms with Gasteiger partial charge >= 0.3 is 12.1 Å². The average molecular weight is 317 g/mol. The number of esters is 1. The molecule has 0 radical (unpaired) electrons. The van der Waals surface area contributed by atoms with Crippen LogP contribution in [-0.4, -0.2) is 43.9 Å². The lowest BCUT2D eigenvalue weighted by Crippen LogP contribution is -2.31. The van der Waals surface area contributed by atoms with Crippen LogP contribution >= 0.6 is 0 Å². The van der Waals surface area contributed by atoms with E-state index in [2.05, 4.69) is 5.32 Å². The molecule has 1 rings (SSSR count). The Bertz CT molecular complexity index is 612. The van der Waals surface area contributed by atoms with Gasteiger partial charge in [-0.3, -0.25) is 4.55 Å². The van der Waals surface area contributed by atoms with Gasteiger partial charge in [0, 0.05) is 6.54 Å². The van der Waals surface area contributed by atoms with Crippen molar-refractivity contribution in [2.45, 2.75) is 6.92 Å². The first-order chi connectivity index (χ1) is 9.83. The molecule has 0 saturated carbocycles. The normalized spacial score (nSPS) is 10.8. The summed E-state index contributed by atoms with van der Waals surface area (Å²) in [5.41, 5.74) is 0.0734. The molecule has 116 valence electrons. The largest absolute Gasteiger partial charge is 0.462 e. The number of para-hydroxylation sites is 1. The molecule has 1 aromatic rings. The average Bonchev–Trinajstić information content (AvgIpc) is 2.38. The van der Waals surface area contributed by atoms with Crippen LogP contribution in [-0.2, 0) is 14.9 Å². The Balaban J connectivity index is 2.66. The van der Waals surface area contributed by atoms with Crippen LogP contribution in [0.4, 0.5) is 4.79 Å². The molecule has 0 aliphatic carbocycles. The van der Waals surface area contributed by atoms with Crippen LogP contribution in [0.3, 0.4) is 0 Å². The van der Waals surface area contributed by atoms with Gasteiger partial charge in [-0.25, -0.2) is 9.59 Å². The number of amides is 1. The van der Waals surface area contributed by atoms with Crippen molar-refractivity contribution in [3.63, 3.8) is 0 Å². The maximum absolute atomic E-state index is 11.6. The molecule has 2 N–H and O–H groups in total. The van der Waals surface area contributed by atoms with Crippen LogP contribution < -0.4 is 10.1 Å². The third-order valence-corrected chi connectivity index (χ3v) is 2.93. The Kier molecular flexibility index (Phi) is 6.12. The van der Waals surface area contributed by atoms with E-state index < -0.39 is 27.9 Å². The highest BCUT2D eigenvalue weighted by molar-refractivity contribution is 7.85. The minimum absolute atomic E-state index is 0.0136. The van der Waals surface area contributed by atoms with Gasteiger partial charge in [-0.05, 0) is 19.1 Å². The number of carbonyl (C=O) groups excluding carboxylic acids is 2. The zero-order chi connectivity index (χ0) is 15.9. The fourth-order valence-electron chi connectivity index (χ4n) is 1.35. The van der Waals surface area contributed by atoms with Crippen LogP contribution in [0.5, 0.6) is 5.75 Å². The van der Waals surface area contributed by atoms with E-state index in [4.69, 9.17) is 14.0 Å². The van der Waals surface area contributed by atoms with Gasteiger partial charge in [-0.1, -0.05) is 12.1 Å². The van der Waals surface area contributed by atoms with E-state index in [0.29, 0.717) is 0 Å². The van der Waals surface area contributed by atoms with Gasteiger partial charge < -0.3 is 14.8 Å². The second-order valence-electron chi connectivity index (χ2n) is 3.82. The molecule has 0 aromatic heterocycles. The lowest BCUT2D eigenvalue weighted by atomic mass is 10.2. The smallest absolute Gasteiger partial charge is 0.412 e. The lowest BCUT2D eigenvalue weighted by Gasteiger charge is -2.09. The van der Waals surface area contributed by atoms with Crippen LogP contribution in [0, 0.1) is 0 Å². The van der Waals surface area contributed by atoms with Crippen LogP contribution in [0.1, 0.15) is 17.3 Å². The number of hydrogen-bond donors (Lipinski definition) is 2. The summed E-state index contributed by atoms with van der Waals surface area (Å²) in [6.07, 6.45) is -0.949. The highest BCUT2D eigenvalue weighted by Gasteiger charge is 2.16. The second kappa shape index (κ2) is 7.60. The summed E-state index contributed by atoms with van der Waals surface area (Å²) < 4.78 is 39.2. The van der Waals surface area contributed by atoms with Gasteiger partial charge in [-0.15, -0.1) is 0 Å². The second-order valence-corrected chi connectivity index (χ2v) is 5.39. The van der Waals surface area contributed by atoms with Crippen LogP contribution in [0.15, 0.2) is 24.3 Å². The summed E-state index contributed by atoms with van der Waals surface area (Å²) >= 11 is 0. The molecule has 0 aliphatic heterocycles. The van der Waals surface area contributed by atoms with Crippen molar-refractivity contribution in [2.75, 3.05) is 18.9 Å². The Morgan fingerprint density at radius 1 is 1.29 bits per heavy atom. The van der Waals surface area contributed by atoms with Gasteiger partial charge in [0.25, 0.3) is 10.1 Å². The summed E-state index contributed by atoms with van der Waals surface area (Å²) in [6.45, 7) is 1.50. The summed E-state index contributed by atoms with van der Waals surface area (Å²) in [7, 11) is -4.17.